The van der Waals surface area contributed by atoms with E-state index in [-0.39, 0.29) is 24.0 Å². The molecule has 0 atom stereocenters. The largest absolute Gasteiger partial charge is 0.368 e. The summed E-state index contributed by atoms with van der Waals surface area (Å²) < 4.78 is 0. The van der Waals surface area contributed by atoms with Crippen molar-refractivity contribution in [3.8, 4) is 0 Å². The molecule has 154 valence electrons. The summed E-state index contributed by atoms with van der Waals surface area (Å²) in [5.41, 5.74) is 2.11. The summed E-state index contributed by atoms with van der Waals surface area (Å²) in [4.78, 5) is 13.3. The fourth-order valence-corrected chi connectivity index (χ4v) is 2.84. The van der Waals surface area contributed by atoms with Crippen molar-refractivity contribution in [2.45, 2.75) is 13.3 Å². The molecular formula is C21H26ClIN6. The second kappa shape index (κ2) is 12.4. The molecule has 2 heterocycles. The zero-order valence-electron chi connectivity index (χ0n) is 16.4. The predicted molar refractivity (Wildman–Crippen MR) is 133 cm³/mol. The lowest BCUT2D eigenvalue weighted by Crippen LogP contribution is -2.39. The van der Waals surface area contributed by atoms with Crippen molar-refractivity contribution in [3.05, 3.63) is 65.4 Å². The topological polar surface area (TPSA) is 74.2 Å². The summed E-state index contributed by atoms with van der Waals surface area (Å²) in [6, 6.07) is 16.0. The third kappa shape index (κ3) is 7.66. The first-order chi connectivity index (χ1) is 13.7. The van der Waals surface area contributed by atoms with Crippen LogP contribution in [-0.2, 0) is 6.42 Å². The minimum Gasteiger partial charge on any atom is -0.368 e. The number of pyridine rings is 2. The number of halogens is 2. The maximum Gasteiger partial charge on any atom is 0.191 e. The molecular weight excluding hydrogens is 499 g/mol. The Morgan fingerprint density at radius 3 is 2.69 bits per heavy atom. The number of benzene rings is 1. The lowest BCUT2D eigenvalue weighted by molar-refractivity contribution is 0.814. The van der Waals surface area contributed by atoms with Gasteiger partial charge in [-0.1, -0.05) is 35.9 Å². The number of nitrogens with one attached hydrogen (secondary N) is 3. The van der Waals surface area contributed by atoms with E-state index in [2.05, 4.69) is 50.0 Å². The van der Waals surface area contributed by atoms with E-state index in [1.807, 2.05) is 30.3 Å². The summed E-state index contributed by atoms with van der Waals surface area (Å²) in [5, 5.41) is 11.6. The van der Waals surface area contributed by atoms with Gasteiger partial charge in [-0.05, 0) is 43.2 Å². The van der Waals surface area contributed by atoms with Crippen molar-refractivity contribution in [2.24, 2.45) is 4.99 Å². The number of hydrogen-bond acceptors (Lipinski definition) is 4. The van der Waals surface area contributed by atoms with Crippen LogP contribution in [0.25, 0.3) is 10.9 Å². The molecule has 0 spiro atoms. The first kappa shape index (κ1) is 23.2. The van der Waals surface area contributed by atoms with Gasteiger partial charge in [-0.25, -0.2) is 9.97 Å². The average Bonchev–Trinajstić information content (AvgIpc) is 2.72. The lowest BCUT2D eigenvalue weighted by atomic mass is 10.2. The van der Waals surface area contributed by atoms with Crippen molar-refractivity contribution in [3.63, 3.8) is 0 Å². The van der Waals surface area contributed by atoms with Crippen molar-refractivity contribution >= 4 is 58.3 Å². The number of para-hydroxylation sites is 1. The molecule has 0 aliphatic heterocycles. The van der Waals surface area contributed by atoms with Gasteiger partial charge in [0.2, 0.25) is 0 Å². The number of guanidine groups is 1. The van der Waals surface area contributed by atoms with Crippen molar-refractivity contribution in [1.29, 1.82) is 0 Å². The first-order valence-electron chi connectivity index (χ1n) is 9.47. The van der Waals surface area contributed by atoms with Gasteiger partial charge in [0.05, 0.1) is 5.52 Å². The minimum absolute atomic E-state index is 0. The maximum atomic E-state index is 5.81. The van der Waals surface area contributed by atoms with Crippen LogP contribution in [0.3, 0.4) is 0 Å². The Morgan fingerprint density at radius 2 is 1.90 bits per heavy atom. The van der Waals surface area contributed by atoms with Crippen molar-refractivity contribution < 1.29 is 0 Å². The van der Waals surface area contributed by atoms with E-state index in [1.165, 1.54) is 0 Å². The lowest BCUT2D eigenvalue weighted by Gasteiger charge is -2.12. The van der Waals surface area contributed by atoms with Crippen molar-refractivity contribution in [1.82, 2.24) is 20.6 Å². The highest BCUT2D eigenvalue weighted by Crippen LogP contribution is 2.14. The summed E-state index contributed by atoms with van der Waals surface area (Å²) >= 11 is 5.81. The normalized spacial score (nSPS) is 11.0. The molecule has 1 aromatic carbocycles. The van der Waals surface area contributed by atoms with Crippen LogP contribution < -0.4 is 16.0 Å². The molecule has 0 saturated heterocycles. The van der Waals surface area contributed by atoms with E-state index in [4.69, 9.17) is 11.6 Å². The summed E-state index contributed by atoms with van der Waals surface area (Å²) in [7, 11) is 0. The van der Waals surface area contributed by atoms with Gasteiger partial charge in [0, 0.05) is 37.8 Å². The molecule has 0 amide bonds. The smallest absolute Gasteiger partial charge is 0.191 e. The highest BCUT2D eigenvalue weighted by atomic mass is 127. The van der Waals surface area contributed by atoms with Gasteiger partial charge in [0.15, 0.2) is 5.96 Å². The second-order valence-electron chi connectivity index (χ2n) is 6.24. The van der Waals surface area contributed by atoms with Crippen LogP contribution in [0, 0.1) is 0 Å². The fraction of sp³-hybridized carbons (Fsp3) is 0.286. The molecule has 0 fully saturated rings. The Bertz CT molecular complexity index is 916. The van der Waals surface area contributed by atoms with Gasteiger partial charge < -0.3 is 16.0 Å². The quantitative estimate of drug-likeness (QED) is 0.136. The van der Waals surface area contributed by atoms with E-state index in [0.717, 1.165) is 54.3 Å². The molecule has 8 heteroatoms. The molecule has 2 aromatic heterocycles. The van der Waals surface area contributed by atoms with Gasteiger partial charge in [0.1, 0.15) is 11.0 Å². The van der Waals surface area contributed by atoms with Crippen LogP contribution in [0.4, 0.5) is 5.82 Å². The Labute approximate surface area is 193 Å². The Morgan fingerprint density at radius 1 is 1.03 bits per heavy atom. The monoisotopic (exact) mass is 524 g/mol. The van der Waals surface area contributed by atoms with Crippen LogP contribution in [0.2, 0.25) is 5.15 Å². The van der Waals surface area contributed by atoms with Gasteiger partial charge in [-0.2, -0.15) is 0 Å². The van der Waals surface area contributed by atoms with Crippen molar-refractivity contribution in [2.75, 3.05) is 31.5 Å². The van der Waals surface area contributed by atoms with Gasteiger partial charge in [-0.3, -0.25) is 4.99 Å². The number of hydrogen-bond donors (Lipinski definition) is 3. The summed E-state index contributed by atoms with van der Waals surface area (Å²) in [5.74, 6) is 1.68. The van der Waals surface area contributed by atoms with Crippen LogP contribution in [0.1, 0.15) is 12.5 Å². The molecule has 3 aromatic rings. The molecule has 0 radical (unpaired) electrons. The fourth-order valence-electron chi connectivity index (χ4n) is 2.73. The van der Waals surface area contributed by atoms with E-state index in [0.29, 0.717) is 11.7 Å². The molecule has 0 bridgehead atoms. The number of nitrogens with zero attached hydrogens (tertiary/aromatic N) is 3. The average molecular weight is 525 g/mol. The predicted octanol–water partition coefficient (Wildman–Crippen LogP) is 4.11. The third-order valence-electron chi connectivity index (χ3n) is 4.13. The number of rotatable bonds is 8. The van der Waals surface area contributed by atoms with Crippen LogP contribution in [0.15, 0.2) is 59.7 Å². The minimum atomic E-state index is 0. The van der Waals surface area contributed by atoms with E-state index < -0.39 is 0 Å². The zero-order chi connectivity index (χ0) is 19.6. The molecule has 3 N–H and O–H groups in total. The van der Waals surface area contributed by atoms with E-state index in [1.54, 1.807) is 12.3 Å². The Balaban J connectivity index is 0.00000300. The van der Waals surface area contributed by atoms with Gasteiger partial charge in [-0.15, -0.1) is 24.0 Å². The molecule has 29 heavy (non-hydrogen) atoms. The molecule has 0 unspecified atom stereocenters. The number of fused-ring (bicyclic) bond motifs is 1. The van der Waals surface area contributed by atoms with Crippen LogP contribution in [-0.4, -0.2) is 42.1 Å². The number of aromatic nitrogens is 2. The summed E-state index contributed by atoms with van der Waals surface area (Å²) in [6.45, 7) is 5.03. The number of anilines is 1. The standard InChI is InChI=1S/C21H25ClN6.HI/c1-2-23-21(25-12-11-16-7-9-19(22)27-15-16)26-14-13-24-20-10-8-17-5-3-4-6-18(17)28-20;/h3-10,15H,2,11-14H2,1H3,(H,24,28)(H2,23,25,26);1H. The SMILES string of the molecule is CCNC(=NCCc1ccc(Cl)nc1)NCCNc1ccc2ccccc2n1.I. The van der Waals surface area contributed by atoms with Gasteiger partial charge in [0.25, 0.3) is 0 Å². The molecule has 0 saturated carbocycles. The van der Waals surface area contributed by atoms with Crippen LogP contribution >= 0.6 is 35.6 Å². The summed E-state index contributed by atoms with van der Waals surface area (Å²) in [6.07, 6.45) is 2.61. The first-order valence-corrected chi connectivity index (χ1v) is 9.84. The second-order valence-corrected chi connectivity index (χ2v) is 6.63. The Kier molecular flexibility index (Phi) is 9.93. The van der Waals surface area contributed by atoms with Crippen LogP contribution in [0.5, 0.6) is 0 Å². The zero-order valence-corrected chi connectivity index (χ0v) is 19.4. The molecule has 6 nitrogen and oxygen atoms in total. The van der Waals surface area contributed by atoms with Gasteiger partial charge >= 0.3 is 0 Å². The third-order valence-corrected chi connectivity index (χ3v) is 4.35. The molecule has 0 aliphatic rings. The van der Waals surface area contributed by atoms with E-state index in [9.17, 15) is 0 Å². The Hall–Kier alpha value is -2.13. The van der Waals surface area contributed by atoms with E-state index >= 15 is 0 Å². The molecule has 3 rings (SSSR count). The maximum absolute atomic E-state index is 5.81. The highest BCUT2D eigenvalue weighted by Gasteiger charge is 2.00. The molecule has 0 aliphatic carbocycles. The highest BCUT2D eigenvalue weighted by molar-refractivity contribution is 14.0. The number of aliphatic imine (C=N–C) groups is 1.